The van der Waals surface area contributed by atoms with Gasteiger partial charge in [-0.3, -0.25) is 4.79 Å². The predicted molar refractivity (Wildman–Crippen MR) is 97.5 cm³/mol. The van der Waals surface area contributed by atoms with Gasteiger partial charge in [-0.25, -0.2) is 17.1 Å². The summed E-state index contributed by atoms with van der Waals surface area (Å²) in [5, 5.41) is 2.71. The lowest BCUT2D eigenvalue weighted by Gasteiger charge is -2.14. The van der Waals surface area contributed by atoms with Crippen LogP contribution in [0.15, 0.2) is 51.8 Å². The van der Waals surface area contributed by atoms with Crippen molar-refractivity contribution in [3.05, 3.63) is 63.9 Å². The Morgan fingerprint density at radius 3 is 2.56 bits per heavy atom. The number of hydrogen-bond acceptors (Lipinski definition) is 3. The minimum absolute atomic E-state index is 0.0234. The summed E-state index contributed by atoms with van der Waals surface area (Å²) in [6, 6.07) is 10.5. The Bertz CT molecular complexity index is 885. The van der Waals surface area contributed by atoms with Gasteiger partial charge in [-0.05, 0) is 58.2 Å². The summed E-state index contributed by atoms with van der Waals surface area (Å²) in [5.74, 6) is -0.714. The van der Waals surface area contributed by atoms with Crippen molar-refractivity contribution in [2.45, 2.75) is 11.3 Å². The number of nitrogens with one attached hydrogen (secondary N) is 1. The minimum Gasteiger partial charge on any atom is -0.352 e. The molecule has 0 aliphatic carbocycles. The topological polar surface area (TPSA) is 66.5 Å². The lowest BCUT2D eigenvalue weighted by molar-refractivity contribution is 0.0954. The second kappa shape index (κ2) is 8.07. The molecular formula is C17H18BrFN2O3S. The summed E-state index contributed by atoms with van der Waals surface area (Å²) >= 11 is 3.20. The maximum Gasteiger partial charge on any atom is 0.251 e. The molecule has 0 radical (unpaired) electrons. The number of benzene rings is 2. The van der Waals surface area contributed by atoms with Crippen LogP contribution in [0.3, 0.4) is 0 Å². The van der Waals surface area contributed by atoms with E-state index in [9.17, 15) is 17.6 Å². The number of halogens is 2. The largest absolute Gasteiger partial charge is 0.352 e. The number of carbonyl (C=O) groups is 1. The third-order valence-corrected chi connectivity index (χ3v) is 6.35. The monoisotopic (exact) mass is 428 g/mol. The molecule has 25 heavy (non-hydrogen) atoms. The zero-order valence-electron chi connectivity index (χ0n) is 13.8. The van der Waals surface area contributed by atoms with Crippen molar-refractivity contribution in [1.82, 2.24) is 9.62 Å². The minimum atomic E-state index is -3.67. The molecule has 8 heteroatoms. The van der Waals surface area contributed by atoms with Gasteiger partial charge >= 0.3 is 0 Å². The Morgan fingerprint density at radius 2 is 1.92 bits per heavy atom. The molecule has 134 valence electrons. The molecule has 5 nitrogen and oxygen atoms in total. The van der Waals surface area contributed by atoms with E-state index in [-0.39, 0.29) is 22.2 Å². The Labute approximate surface area is 155 Å². The number of sulfonamides is 1. The molecule has 1 N–H and O–H groups in total. The molecule has 2 rings (SSSR count). The van der Waals surface area contributed by atoms with E-state index >= 15 is 0 Å². The Kier molecular flexibility index (Phi) is 6.31. The van der Waals surface area contributed by atoms with E-state index < -0.39 is 10.0 Å². The van der Waals surface area contributed by atoms with Gasteiger partial charge in [-0.15, -0.1) is 0 Å². The van der Waals surface area contributed by atoms with Crippen molar-refractivity contribution >= 4 is 31.9 Å². The summed E-state index contributed by atoms with van der Waals surface area (Å²) < 4.78 is 39.2. The lowest BCUT2D eigenvalue weighted by atomic mass is 10.1. The molecule has 0 atom stereocenters. The molecule has 1 amide bonds. The van der Waals surface area contributed by atoms with E-state index in [2.05, 4.69) is 21.2 Å². The van der Waals surface area contributed by atoms with Crippen LogP contribution in [0.4, 0.5) is 4.39 Å². The van der Waals surface area contributed by atoms with E-state index in [1.165, 1.54) is 44.4 Å². The van der Waals surface area contributed by atoms with E-state index in [4.69, 9.17) is 0 Å². The highest BCUT2D eigenvalue weighted by Crippen LogP contribution is 2.25. The summed E-state index contributed by atoms with van der Waals surface area (Å²) in [4.78, 5) is 12.3. The number of nitrogens with zero attached hydrogens (tertiary/aromatic N) is 1. The molecule has 0 spiro atoms. The average molecular weight is 429 g/mol. The summed E-state index contributed by atoms with van der Waals surface area (Å²) in [5.41, 5.74) is 1.01. The zero-order chi connectivity index (χ0) is 18.6. The fourth-order valence-corrected chi connectivity index (χ4v) is 4.00. The second-order valence-corrected chi connectivity index (χ2v) is 8.54. The standard InChI is InChI=1S/C17H18BrFN2O3S/c1-21(2)25(23,24)16-11-13(6-7-15(16)18)17(22)20-9-8-12-4-3-5-14(19)10-12/h3-7,10-11H,8-9H2,1-2H3,(H,20,22). The molecular weight excluding hydrogens is 411 g/mol. The fraction of sp³-hybridized carbons (Fsp3) is 0.235. The van der Waals surface area contributed by atoms with Gasteiger partial charge in [0.1, 0.15) is 5.82 Å². The molecule has 0 saturated carbocycles. The van der Waals surface area contributed by atoms with Crippen LogP contribution in [0.1, 0.15) is 15.9 Å². The molecule has 0 aromatic heterocycles. The smallest absolute Gasteiger partial charge is 0.251 e. The highest BCUT2D eigenvalue weighted by atomic mass is 79.9. The Hall–Kier alpha value is -1.77. The van der Waals surface area contributed by atoms with E-state index in [0.717, 1.165) is 9.87 Å². The van der Waals surface area contributed by atoms with Crippen LogP contribution >= 0.6 is 15.9 Å². The van der Waals surface area contributed by atoms with Crippen molar-refractivity contribution in [2.75, 3.05) is 20.6 Å². The van der Waals surface area contributed by atoms with Crippen molar-refractivity contribution in [3.63, 3.8) is 0 Å². The molecule has 0 aliphatic rings. The van der Waals surface area contributed by atoms with Gasteiger partial charge < -0.3 is 5.32 Å². The molecule has 0 aliphatic heterocycles. The van der Waals surface area contributed by atoms with Crippen LogP contribution in [0.5, 0.6) is 0 Å². The van der Waals surface area contributed by atoms with Crippen molar-refractivity contribution in [2.24, 2.45) is 0 Å². The average Bonchev–Trinajstić information content (AvgIpc) is 2.54. The molecule has 0 unspecified atom stereocenters. The first-order valence-electron chi connectivity index (χ1n) is 7.46. The Balaban J connectivity index is 2.10. The SMILES string of the molecule is CN(C)S(=O)(=O)c1cc(C(=O)NCCc2cccc(F)c2)ccc1Br. The van der Waals surface area contributed by atoms with Gasteiger partial charge in [0.2, 0.25) is 10.0 Å². The molecule has 0 bridgehead atoms. The van der Waals surface area contributed by atoms with Crippen molar-refractivity contribution in [3.8, 4) is 0 Å². The fourth-order valence-electron chi connectivity index (χ4n) is 2.15. The van der Waals surface area contributed by atoms with Crippen LogP contribution in [-0.2, 0) is 16.4 Å². The van der Waals surface area contributed by atoms with Crippen molar-refractivity contribution in [1.29, 1.82) is 0 Å². The van der Waals surface area contributed by atoms with Gasteiger partial charge in [0.05, 0.1) is 4.90 Å². The van der Waals surface area contributed by atoms with Gasteiger partial charge in [0.15, 0.2) is 0 Å². The first kappa shape index (κ1) is 19.6. The third kappa shape index (κ3) is 4.87. The maximum absolute atomic E-state index is 13.1. The molecule has 2 aromatic rings. The normalized spacial score (nSPS) is 11.6. The zero-order valence-corrected chi connectivity index (χ0v) is 16.2. The summed E-state index contributed by atoms with van der Waals surface area (Å²) in [7, 11) is -0.819. The van der Waals surface area contributed by atoms with Crippen molar-refractivity contribution < 1.29 is 17.6 Å². The van der Waals surface area contributed by atoms with Crippen LogP contribution in [0, 0.1) is 5.82 Å². The number of carbonyl (C=O) groups excluding carboxylic acids is 1. The van der Waals surface area contributed by atoms with Crippen LogP contribution in [-0.4, -0.2) is 39.3 Å². The molecule has 2 aromatic carbocycles. The van der Waals surface area contributed by atoms with Gasteiger partial charge in [-0.1, -0.05) is 12.1 Å². The summed E-state index contributed by atoms with van der Waals surface area (Å²) in [6.07, 6.45) is 0.475. The maximum atomic E-state index is 13.1. The molecule has 0 heterocycles. The first-order chi connectivity index (χ1) is 11.7. The van der Waals surface area contributed by atoms with Gasteiger partial charge in [-0.2, -0.15) is 0 Å². The van der Waals surface area contributed by atoms with E-state index in [0.29, 0.717) is 17.4 Å². The second-order valence-electron chi connectivity index (χ2n) is 5.57. The lowest BCUT2D eigenvalue weighted by Crippen LogP contribution is -2.27. The van der Waals surface area contributed by atoms with Crippen LogP contribution < -0.4 is 5.32 Å². The number of rotatable bonds is 6. The highest BCUT2D eigenvalue weighted by Gasteiger charge is 2.22. The highest BCUT2D eigenvalue weighted by molar-refractivity contribution is 9.10. The molecule has 0 saturated heterocycles. The molecule has 0 fully saturated rings. The van der Waals surface area contributed by atoms with E-state index in [1.54, 1.807) is 12.1 Å². The predicted octanol–water partition coefficient (Wildman–Crippen LogP) is 2.81. The van der Waals surface area contributed by atoms with Crippen LogP contribution in [0.25, 0.3) is 0 Å². The van der Waals surface area contributed by atoms with Gasteiger partial charge in [0, 0.05) is 30.7 Å². The summed E-state index contributed by atoms with van der Waals surface area (Å²) in [6.45, 7) is 0.314. The third-order valence-electron chi connectivity index (χ3n) is 3.54. The van der Waals surface area contributed by atoms with E-state index in [1.807, 2.05) is 0 Å². The Morgan fingerprint density at radius 1 is 1.20 bits per heavy atom. The number of amides is 1. The number of hydrogen-bond donors (Lipinski definition) is 1. The van der Waals surface area contributed by atoms with Gasteiger partial charge in [0.25, 0.3) is 5.91 Å². The first-order valence-corrected chi connectivity index (χ1v) is 9.70. The quantitative estimate of drug-likeness (QED) is 0.768. The van der Waals surface area contributed by atoms with Crippen LogP contribution in [0.2, 0.25) is 0 Å².